The number of hydrogen-bond donors (Lipinski definition) is 1. The molecule has 48 heavy (non-hydrogen) atoms. The van der Waals surface area contributed by atoms with E-state index in [0.29, 0.717) is 49.9 Å². The molecular weight excluding hydrogens is 642 g/mol. The van der Waals surface area contributed by atoms with Crippen LogP contribution in [0.1, 0.15) is 77.0 Å². The third-order valence-electron chi connectivity index (χ3n) is 8.00. The van der Waals surface area contributed by atoms with Crippen molar-refractivity contribution >= 4 is 29.4 Å². The lowest BCUT2D eigenvalue weighted by Gasteiger charge is -2.35. The van der Waals surface area contributed by atoms with Crippen LogP contribution < -0.4 is 5.73 Å². The van der Waals surface area contributed by atoms with Crippen molar-refractivity contribution in [2.24, 2.45) is 22.1 Å². The molecule has 0 saturated carbocycles. The molecule has 1 aliphatic rings. The van der Waals surface area contributed by atoms with Gasteiger partial charge in [-0.25, -0.2) is 19.3 Å². The molecule has 0 saturated heterocycles. The van der Waals surface area contributed by atoms with Crippen LogP contribution in [0, 0.1) is 18.3 Å². The summed E-state index contributed by atoms with van der Waals surface area (Å²) in [6.45, 7) is 8.66. The summed E-state index contributed by atoms with van der Waals surface area (Å²) < 4.78 is 34.2. The molecule has 3 heterocycles. The SMILES string of the molecule is Cc1ncnn1-c1cc([C@@H](COC(=O)CC(C)C)N2C(=O)[C@@](CC(C)(C)C)(c3ccc(-c4cnn(C(F)F)c4)cc3)N=C2N)ccc1Cl. The average Bonchev–Trinajstić information content (AvgIpc) is 3.72. The minimum atomic E-state index is -2.76. The zero-order valence-electron chi connectivity index (χ0n) is 27.7. The Balaban J connectivity index is 1.57. The summed E-state index contributed by atoms with van der Waals surface area (Å²) in [5.74, 6) is -0.177. The Morgan fingerprint density at radius 3 is 2.38 bits per heavy atom. The predicted molar refractivity (Wildman–Crippen MR) is 177 cm³/mol. The lowest BCUT2D eigenvalue weighted by Crippen LogP contribution is -2.47. The molecule has 0 bridgehead atoms. The first-order valence-electron chi connectivity index (χ1n) is 15.5. The molecular formula is C34H39ClF2N8O3. The van der Waals surface area contributed by atoms with Gasteiger partial charge in [0.2, 0.25) is 0 Å². The predicted octanol–water partition coefficient (Wildman–Crippen LogP) is 6.61. The molecule has 0 unspecified atom stereocenters. The molecule has 2 atom stereocenters. The highest BCUT2D eigenvalue weighted by Crippen LogP contribution is 2.45. The molecule has 2 aromatic heterocycles. The second kappa shape index (κ2) is 13.5. The van der Waals surface area contributed by atoms with Crippen molar-refractivity contribution in [2.45, 2.75) is 72.5 Å². The van der Waals surface area contributed by atoms with Gasteiger partial charge in [0.1, 0.15) is 18.8 Å². The monoisotopic (exact) mass is 680 g/mol. The van der Waals surface area contributed by atoms with Crippen LogP contribution in [0.4, 0.5) is 8.78 Å². The van der Waals surface area contributed by atoms with E-state index in [1.165, 1.54) is 23.6 Å². The minimum Gasteiger partial charge on any atom is -0.463 e. The van der Waals surface area contributed by atoms with Gasteiger partial charge in [0.05, 0.1) is 22.9 Å². The van der Waals surface area contributed by atoms with Crippen molar-refractivity contribution in [1.82, 2.24) is 29.4 Å². The van der Waals surface area contributed by atoms with Gasteiger partial charge >= 0.3 is 12.5 Å². The van der Waals surface area contributed by atoms with Crippen molar-refractivity contribution in [3.63, 3.8) is 0 Å². The van der Waals surface area contributed by atoms with Crippen LogP contribution >= 0.6 is 11.6 Å². The van der Waals surface area contributed by atoms with Crippen molar-refractivity contribution in [3.8, 4) is 16.8 Å². The Morgan fingerprint density at radius 1 is 1.08 bits per heavy atom. The van der Waals surface area contributed by atoms with E-state index in [0.717, 1.165) is 0 Å². The van der Waals surface area contributed by atoms with Crippen LogP contribution in [-0.2, 0) is 19.9 Å². The Hall–Kier alpha value is -4.65. The fourth-order valence-electron chi connectivity index (χ4n) is 5.93. The van der Waals surface area contributed by atoms with Crippen LogP contribution in [0.25, 0.3) is 16.8 Å². The molecule has 1 aliphatic heterocycles. The van der Waals surface area contributed by atoms with E-state index in [1.807, 2.05) is 34.6 Å². The second-order valence-corrected chi connectivity index (χ2v) is 13.9. The largest absolute Gasteiger partial charge is 0.463 e. The third-order valence-corrected chi connectivity index (χ3v) is 8.32. The van der Waals surface area contributed by atoms with Gasteiger partial charge in [0, 0.05) is 18.2 Å². The summed E-state index contributed by atoms with van der Waals surface area (Å²) in [5.41, 5.74) is 7.66. The molecule has 254 valence electrons. The fraction of sp³-hybridized carbons (Fsp3) is 0.412. The smallest absolute Gasteiger partial charge is 0.333 e. The maximum atomic E-state index is 14.9. The number of hydrogen-bond acceptors (Lipinski definition) is 8. The topological polar surface area (TPSA) is 134 Å². The van der Waals surface area contributed by atoms with Gasteiger partial charge < -0.3 is 10.5 Å². The molecule has 2 N–H and O–H groups in total. The number of aryl methyl sites for hydroxylation is 1. The second-order valence-electron chi connectivity index (χ2n) is 13.5. The first-order chi connectivity index (χ1) is 22.6. The number of guanidine groups is 1. The van der Waals surface area contributed by atoms with Crippen molar-refractivity contribution < 1.29 is 23.1 Å². The molecule has 0 aliphatic carbocycles. The van der Waals surface area contributed by atoms with Crippen LogP contribution in [0.15, 0.2) is 66.2 Å². The molecule has 0 spiro atoms. The molecule has 14 heteroatoms. The molecule has 2 aromatic carbocycles. The number of benzene rings is 2. The summed E-state index contributed by atoms with van der Waals surface area (Å²) in [4.78, 5) is 38.1. The van der Waals surface area contributed by atoms with Gasteiger partial charge in [0.25, 0.3) is 5.91 Å². The van der Waals surface area contributed by atoms with Crippen molar-refractivity contribution in [3.05, 3.63) is 83.2 Å². The maximum Gasteiger partial charge on any atom is 0.333 e. The first-order valence-corrected chi connectivity index (χ1v) is 15.9. The van der Waals surface area contributed by atoms with Gasteiger partial charge in [-0.2, -0.15) is 19.0 Å². The van der Waals surface area contributed by atoms with E-state index in [1.54, 1.807) is 54.1 Å². The van der Waals surface area contributed by atoms with E-state index in [-0.39, 0.29) is 30.3 Å². The van der Waals surface area contributed by atoms with Crippen molar-refractivity contribution in [1.29, 1.82) is 0 Å². The summed E-state index contributed by atoms with van der Waals surface area (Å²) in [6, 6.07) is 11.3. The number of carbonyl (C=O) groups is 2. The van der Waals surface area contributed by atoms with Gasteiger partial charge in [-0.05, 0) is 53.5 Å². The van der Waals surface area contributed by atoms with Gasteiger partial charge in [-0.15, -0.1) is 0 Å². The number of nitrogens with two attached hydrogens (primary N) is 1. The zero-order chi connectivity index (χ0) is 35.0. The Bertz CT molecular complexity index is 1830. The number of aromatic nitrogens is 5. The first kappa shape index (κ1) is 34.7. The highest BCUT2D eigenvalue weighted by atomic mass is 35.5. The van der Waals surface area contributed by atoms with E-state index >= 15 is 0 Å². The highest BCUT2D eigenvalue weighted by Gasteiger charge is 2.53. The molecule has 0 fully saturated rings. The Kier molecular flexibility index (Phi) is 9.72. The number of carbonyl (C=O) groups excluding carboxylic acids is 2. The van der Waals surface area contributed by atoms with Gasteiger partial charge in [-0.1, -0.05) is 76.6 Å². The van der Waals surface area contributed by atoms with E-state index in [4.69, 9.17) is 27.1 Å². The third kappa shape index (κ3) is 7.10. The number of nitrogens with zero attached hydrogens (tertiary/aromatic N) is 7. The summed E-state index contributed by atoms with van der Waals surface area (Å²) in [5, 5.41) is 8.42. The van der Waals surface area contributed by atoms with Crippen LogP contribution in [0.5, 0.6) is 0 Å². The average molecular weight is 681 g/mol. The number of aliphatic imine (C=N–C) groups is 1. The maximum absolute atomic E-state index is 14.9. The number of alkyl halides is 2. The van der Waals surface area contributed by atoms with Gasteiger partial charge in [-0.3, -0.25) is 14.5 Å². The number of esters is 1. The highest BCUT2D eigenvalue weighted by molar-refractivity contribution is 6.32. The summed E-state index contributed by atoms with van der Waals surface area (Å²) in [6.07, 6.45) is 4.52. The quantitative estimate of drug-likeness (QED) is 0.176. The minimum absolute atomic E-state index is 0.0371. The number of rotatable bonds is 11. The fourth-order valence-corrected chi connectivity index (χ4v) is 6.12. The van der Waals surface area contributed by atoms with E-state index < -0.39 is 30.0 Å². The van der Waals surface area contributed by atoms with Crippen LogP contribution in [0.2, 0.25) is 5.02 Å². The molecule has 1 amide bonds. The van der Waals surface area contributed by atoms with E-state index in [2.05, 4.69) is 15.2 Å². The zero-order valence-corrected chi connectivity index (χ0v) is 28.4. The number of ether oxygens (including phenoxy) is 1. The molecule has 11 nitrogen and oxygen atoms in total. The molecule has 0 radical (unpaired) electrons. The molecule has 5 rings (SSSR count). The van der Waals surface area contributed by atoms with Crippen molar-refractivity contribution in [2.75, 3.05) is 6.61 Å². The summed E-state index contributed by atoms with van der Waals surface area (Å²) >= 11 is 6.59. The molecule has 4 aromatic rings. The standard InChI is InChI=1S/C34H39ClF2N8O3/c1-20(2)13-29(46)48-17-28(23-9-12-26(35)27(14-23)45-21(3)39-19-41-45)44-30(47)34(42-32(44)38,18-33(4,5)6)25-10-7-22(8-11-25)24-15-40-43(16-24)31(36)37/h7-12,14-16,19-20,28,31H,13,17-18H2,1-6H3,(H2,38,42)/t28-,34-/m1/s1. The number of amides is 1. The van der Waals surface area contributed by atoms with Crippen LogP contribution in [-0.4, -0.2) is 53.9 Å². The normalized spacial score (nSPS) is 17.4. The van der Waals surface area contributed by atoms with Crippen LogP contribution in [0.3, 0.4) is 0 Å². The lowest BCUT2D eigenvalue weighted by atomic mass is 9.75. The number of halogens is 3. The Labute approximate surface area is 282 Å². The van der Waals surface area contributed by atoms with Gasteiger partial charge in [0.15, 0.2) is 11.5 Å². The van der Waals surface area contributed by atoms with E-state index in [9.17, 15) is 18.4 Å². The lowest BCUT2D eigenvalue weighted by molar-refractivity contribution is -0.148. The summed E-state index contributed by atoms with van der Waals surface area (Å²) in [7, 11) is 0. The Morgan fingerprint density at radius 2 is 1.79 bits per heavy atom.